The summed E-state index contributed by atoms with van der Waals surface area (Å²) >= 11 is 0. The van der Waals surface area contributed by atoms with Gasteiger partial charge in [-0.25, -0.2) is 0 Å². The maximum atomic E-state index is 13.1. The molecule has 0 N–H and O–H groups in total. The molecule has 0 unspecified atom stereocenters. The van der Waals surface area contributed by atoms with Crippen molar-refractivity contribution in [1.82, 2.24) is 0 Å². The highest BCUT2D eigenvalue weighted by Crippen LogP contribution is 2.35. The van der Waals surface area contributed by atoms with Crippen LogP contribution in [0.3, 0.4) is 0 Å². The molecule has 0 saturated carbocycles. The molecule has 0 heterocycles. The lowest BCUT2D eigenvalue weighted by atomic mass is 9.92. The second kappa shape index (κ2) is 7.45. The molecule has 0 amide bonds. The third-order valence-electron chi connectivity index (χ3n) is 2.50. The Labute approximate surface area is 108 Å². The second-order valence-corrected chi connectivity index (χ2v) is 5.05. The Balaban J connectivity index is 5.46. The van der Waals surface area contributed by atoms with Crippen LogP contribution in [0.1, 0.15) is 41.0 Å². The lowest BCUT2D eigenvalue weighted by Crippen LogP contribution is -2.17. The molecule has 0 spiro atoms. The number of rotatable bonds is 5. The van der Waals surface area contributed by atoms with Gasteiger partial charge in [-0.15, -0.1) is 0 Å². The van der Waals surface area contributed by atoms with E-state index in [2.05, 4.69) is 0 Å². The third kappa shape index (κ3) is 6.08. The Hall–Kier alpha value is -0.990. The number of hydrogen-bond donors (Lipinski definition) is 0. The lowest BCUT2D eigenvalue weighted by Gasteiger charge is -2.19. The van der Waals surface area contributed by atoms with Gasteiger partial charge < -0.3 is 0 Å². The topological polar surface area (TPSA) is 0 Å². The van der Waals surface area contributed by atoms with E-state index in [1.54, 1.807) is 39.0 Å². The summed E-state index contributed by atoms with van der Waals surface area (Å²) < 4.78 is 39.2. The zero-order chi connectivity index (χ0) is 14.3. The number of halogens is 3. The predicted octanol–water partition coefficient (Wildman–Crippen LogP) is 5.68. The summed E-state index contributed by atoms with van der Waals surface area (Å²) in [6.07, 6.45) is 2.43. The molecular weight excluding hydrogens is 237 g/mol. The van der Waals surface area contributed by atoms with Crippen LogP contribution in [-0.2, 0) is 0 Å². The monoisotopic (exact) mass is 260 g/mol. The second-order valence-electron chi connectivity index (χ2n) is 5.05. The van der Waals surface area contributed by atoms with E-state index in [0.717, 1.165) is 0 Å². The summed E-state index contributed by atoms with van der Waals surface area (Å²) in [4.78, 5) is 0. The molecule has 18 heavy (non-hydrogen) atoms. The summed E-state index contributed by atoms with van der Waals surface area (Å²) in [6, 6.07) is 0. The molecule has 0 aliphatic rings. The first-order valence-electron chi connectivity index (χ1n) is 6.30. The molecule has 0 saturated heterocycles. The minimum atomic E-state index is -4.29. The average Bonchev–Trinajstić information content (AvgIpc) is 2.19. The first kappa shape index (κ1) is 17.0. The number of alkyl halides is 3. The fourth-order valence-electron chi connectivity index (χ4n) is 1.54. The van der Waals surface area contributed by atoms with Crippen molar-refractivity contribution in [2.45, 2.75) is 47.2 Å². The van der Waals surface area contributed by atoms with Crippen molar-refractivity contribution in [2.75, 3.05) is 0 Å². The van der Waals surface area contributed by atoms with Crippen LogP contribution in [0.15, 0.2) is 35.5 Å². The molecule has 0 radical (unpaired) electrons. The molecule has 0 aliphatic heterocycles. The highest BCUT2D eigenvalue weighted by atomic mass is 19.4. The van der Waals surface area contributed by atoms with E-state index in [1.807, 2.05) is 13.8 Å². The molecular formula is C15H23F3. The quantitative estimate of drug-likeness (QED) is 0.558. The molecule has 0 aromatic heterocycles. The molecule has 3 heteroatoms. The fraction of sp³-hybridized carbons (Fsp3) is 0.600. The van der Waals surface area contributed by atoms with E-state index < -0.39 is 11.7 Å². The molecule has 104 valence electrons. The van der Waals surface area contributed by atoms with Gasteiger partial charge in [-0.2, -0.15) is 13.2 Å². The van der Waals surface area contributed by atoms with Gasteiger partial charge in [0.1, 0.15) is 0 Å². The van der Waals surface area contributed by atoms with Crippen molar-refractivity contribution in [3.05, 3.63) is 35.5 Å². The summed E-state index contributed by atoms with van der Waals surface area (Å²) in [5.41, 5.74) is -0.148. The van der Waals surface area contributed by atoms with Crippen molar-refractivity contribution in [3.63, 3.8) is 0 Å². The van der Waals surface area contributed by atoms with E-state index in [0.29, 0.717) is 12.0 Å². The van der Waals surface area contributed by atoms with Gasteiger partial charge in [0.15, 0.2) is 0 Å². The standard InChI is InChI=1S/C15H23F3/c1-6-7-8-13(12(4)5)14(15(16,17)18)10-9-11(2)3/h6-8,10-12H,9H2,1-5H3/b7-6+,13-8-,14-10+. The van der Waals surface area contributed by atoms with Gasteiger partial charge in [0.05, 0.1) is 5.57 Å². The zero-order valence-corrected chi connectivity index (χ0v) is 11.8. The molecule has 0 aliphatic carbocycles. The maximum absolute atomic E-state index is 13.1. The van der Waals surface area contributed by atoms with Crippen LogP contribution in [0.5, 0.6) is 0 Å². The summed E-state index contributed by atoms with van der Waals surface area (Å²) in [7, 11) is 0. The van der Waals surface area contributed by atoms with Crippen molar-refractivity contribution in [2.24, 2.45) is 11.8 Å². The van der Waals surface area contributed by atoms with Crippen molar-refractivity contribution in [3.8, 4) is 0 Å². The van der Waals surface area contributed by atoms with Crippen LogP contribution in [0.25, 0.3) is 0 Å². The zero-order valence-electron chi connectivity index (χ0n) is 11.8. The maximum Gasteiger partial charge on any atom is 0.416 e. The predicted molar refractivity (Wildman–Crippen MR) is 71.3 cm³/mol. The van der Waals surface area contributed by atoms with E-state index in [-0.39, 0.29) is 11.8 Å². The Kier molecular flexibility index (Phi) is 7.04. The van der Waals surface area contributed by atoms with Crippen LogP contribution in [-0.4, -0.2) is 6.18 Å². The van der Waals surface area contributed by atoms with Crippen LogP contribution in [0.4, 0.5) is 13.2 Å². The summed E-state index contributed by atoms with van der Waals surface area (Å²) in [5, 5.41) is 0. The van der Waals surface area contributed by atoms with Gasteiger partial charge in [0.2, 0.25) is 0 Å². The van der Waals surface area contributed by atoms with Gasteiger partial charge in [0.25, 0.3) is 0 Å². The van der Waals surface area contributed by atoms with Crippen molar-refractivity contribution < 1.29 is 13.2 Å². The molecule has 0 fully saturated rings. The smallest absolute Gasteiger partial charge is 0.166 e. The van der Waals surface area contributed by atoms with Crippen molar-refractivity contribution >= 4 is 0 Å². The highest BCUT2D eigenvalue weighted by Gasteiger charge is 2.36. The lowest BCUT2D eigenvalue weighted by molar-refractivity contribution is -0.0902. The van der Waals surface area contributed by atoms with Gasteiger partial charge in [-0.3, -0.25) is 0 Å². The number of hydrogen-bond acceptors (Lipinski definition) is 0. The first-order chi connectivity index (χ1) is 8.20. The Bertz CT molecular complexity index is 328. The molecule has 0 aromatic carbocycles. The van der Waals surface area contributed by atoms with E-state index in [9.17, 15) is 13.2 Å². The van der Waals surface area contributed by atoms with Crippen LogP contribution in [0, 0.1) is 11.8 Å². The van der Waals surface area contributed by atoms with Gasteiger partial charge in [0, 0.05) is 0 Å². The van der Waals surface area contributed by atoms with Gasteiger partial charge in [-0.05, 0) is 30.8 Å². The molecule has 0 bridgehead atoms. The summed E-state index contributed by atoms with van der Waals surface area (Å²) in [6.45, 7) is 9.18. The fourth-order valence-corrected chi connectivity index (χ4v) is 1.54. The van der Waals surface area contributed by atoms with E-state index >= 15 is 0 Å². The van der Waals surface area contributed by atoms with Crippen LogP contribution in [0.2, 0.25) is 0 Å². The first-order valence-corrected chi connectivity index (χ1v) is 6.30. The SMILES string of the molecule is C/C=C/C=C(\C(=C/CC(C)C)C(F)(F)F)C(C)C. The molecule has 0 rings (SSSR count). The summed E-state index contributed by atoms with van der Waals surface area (Å²) in [5.74, 6) is 0.0683. The minimum absolute atomic E-state index is 0.152. The Morgan fingerprint density at radius 1 is 1.11 bits per heavy atom. The Morgan fingerprint density at radius 3 is 2.00 bits per heavy atom. The van der Waals surface area contributed by atoms with Gasteiger partial charge >= 0.3 is 6.18 Å². The highest BCUT2D eigenvalue weighted by molar-refractivity contribution is 5.38. The van der Waals surface area contributed by atoms with E-state index in [4.69, 9.17) is 0 Å². The van der Waals surface area contributed by atoms with Crippen LogP contribution < -0.4 is 0 Å². The largest absolute Gasteiger partial charge is 0.416 e. The van der Waals surface area contributed by atoms with Crippen molar-refractivity contribution in [1.29, 1.82) is 0 Å². The third-order valence-corrected chi connectivity index (χ3v) is 2.50. The van der Waals surface area contributed by atoms with Crippen LogP contribution >= 0.6 is 0 Å². The Morgan fingerprint density at radius 2 is 1.67 bits per heavy atom. The molecule has 0 aromatic rings. The minimum Gasteiger partial charge on any atom is -0.166 e. The number of allylic oxidation sites excluding steroid dienone is 6. The average molecular weight is 260 g/mol. The molecule has 0 atom stereocenters. The molecule has 0 nitrogen and oxygen atoms in total. The van der Waals surface area contributed by atoms with E-state index in [1.165, 1.54) is 6.08 Å². The van der Waals surface area contributed by atoms with Gasteiger partial charge in [-0.1, -0.05) is 52.0 Å². The normalized spacial score (nSPS) is 15.2.